The quantitative estimate of drug-likeness (QED) is 0.883. The molecular weight excluding hydrogens is 273 g/mol. The lowest BCUT2D eigenvalue weighted by atomic mass is 9.80. The molecule has 1 aliphatic rings. The standard InChI is InChI=1S/C12H14FNO4S/c1-12(5-2-6-12)14-19(17,18)10-4-3-8(11(15)16)7-9(10)13/h3-4,7,14H,2,5-6H2,1H3,(H,15,16). The minimum Gasteiger partial charge on any atom is -0.478 e. The minimum atomic E-state index is -3.97. The number of rotatable bonds is 4. The number of hydrogen-bond acceptors (Lipinski definition) is 3. The molecule has 7 heteroatoms. The Bertz CT molecular complexity index is 623. The van der Waals surface area contributed by atoms with E-state index in [1.165, 1.54) is 0 Å². The molecular formula is C12H14FNO4S. The molecule has 1 aromatic rings. The van der Waals surface area contributed by atoms with Gasteiger partial charge in [-0.1, -0.05) is 0 Å². The first-order chi connectivity index (χ1) is 8.73. The average molecular weight is 287 g/mol. The number of carboxylic acid groups (broad SMARTS) is 1. The summed E-state index contributed by atoms with van der Waals surface area (Å²) in [5.41, 5.74) is -0.817. The van der Waals surface area contributed by atoms with Crippen LogP contribution >= 0.6 is 0 Å². The van der Waals surface area contributed by atoms with Crippen LogP contribution < -0.4 is 4.72 Å². The van der Waals surface area contributed by atoms with E-state index >= 15 is 0 Å². The first-order valence-electron chi connectivity index (χ1n) is 5.80. The van der Waals surface area contributed by atoms with Crippen molar-refractivity contribution in [3.63, 3.8) is 0 Å². The zero-order valence-electron chi connectivity index (χ0n) is 10.3. The lowest BCUT2D eigenvalue weighted by Gasteiger charge is -2.38. The molecule has 2 rings (SSSR count). The Morgan fingerprint density at radius 1 is 1.42 bits per heavy atom. The van der Waals surface area contributed by atoms with Crippen LogP contribution in [0.4, 0.5) is 4.39 Å². The molecule has 1 fully saturated rings. The molecule has 2 N–H and O–H groups in total. The first kappa shape index (κ1) is 14.0. The van der Waals surface area contributed by atoms with Gasteiger partial charge in [0.2, 0.25) is 10.0 Å². The van der Waals surface area contributed by atoms with Gasteiger partial charge in [0.1, 0.15) is 10.7 Å². The largest absolute Gasteiger partial charge is 0.478 e. The predicted octanol–water partition coefficient (Wildman–Crippen LogP) is 1.74. The molecule has 0 bridgehead atoms. The van der Waals surface area contributed by atoms with E-state index in [-0.39, 0.29) is 5.56 Å². The van der Waals surface area contributed by atoms with E-state index in [1.54, 1.807) is 6.92 Å². The Morgan fingerprint density at radius 3 is 2.47 bits per heavy atom. The van der Waals surface area contributed by atoms with Gasteiger partial charge in [0, 0.05) is 5.54 Å². The fourth-order valence-electron chi connectivity index (χ4n) is 2.04. The summed E-state index contributed by atoms with van der Waals surface area (Å²) in [5, 5.41) is 8.70. The number of aromatic carboxylic acids is 1. The molecule has 1 aromatic carbocycles. The maximum atomic E-state index is 13.7. The lowest BCUT2D eigenvalue weighted by molar-refractivity contribution is 0.0696. The number of sulfonamides is 1. The summed E-state index contributed by atoms with van der Waals surface area (Å²) in [6.45, 7) is 1.76. The van der Waals surface area contributed by atoms with Crippen LogP contribution in [0.1, 0.15) is 36.5 Å². The Morgan fingerprint density at radius 2 is 2.05 bits per heavy atom. The topological polar surface area (TPSA) is 83.5 Å². The van der Waals surface area contributed by atoms with Gasteiger partial charge >= 0.3 is 5.97 Å². The van der Waals surface area contributed by atoms with Gasteiger partial charge < -0.3 is 5.11 Å². The molecule has 0 amide bonds. The number of carboxylic acids is 1. The van der Waals surface area contributed by atoms with Crippen molar-refractivity contribution in [2.45, 2.75) is 36.6 Å². The van der Waals surface area contributed by atoms with Crippen LogP contribution in [-0.4, -0.2) is 25.0 Å². The van der Waals surface area contributed by atoms with Crippen LogP contribution in [0.3, 0.4) is 0 Å². The maximum absolute atomic E-state index is 13.7. The number of halogens is 1. The molecule has 1 saturated carbocycles. The van der Waals surface area contributed by atoms with Gasteiger partial charge in [-0.15, -0.1) is 0 Å². The van der Waals surface area contributed by atoms with Crippen LogP contribution in [0.5, 0.6) is 0 Å². The van der Waals surface area contributed by atoms with Crippen LogP contribution in [0.15, 0.2) is 23.1 Å². The van der Waals surface area contributed by atoms with Gasteiger partial charge in [-0.3, -0.25) is 0 Å². The third-order valence-corrected chi connectivity index (χ3v) is 4.98. The summed E-state index contributed by atoms with van der Waals surface area (Å²) in [6, 6.07) is 2.76. The number of benzene rings is 1. The van der Waals surface area contributed by atoms with Gasteiger partial charge in [0.25, 0.3) is 0 Å². The van der Waals surface area contributed by atoms with E-state index in [0.717, 1.165) is 18.6 Å². The van der Waals surface area contributed by atoms with Crippen molar-refractivity contribution in [2.75, 3.05) is 0 Å². The molecule has 0 atom stereocenters. The number of hydrogen-bond donors (Lipinski definition) is 2. The van der Waals surface area contributed by atoms with Crippen molar-refractivity contribution in [3.05, 3.63) is 29.6 Å². The van der Waals surface area contributed by atoms with E-state index < -0.39 is 32.2 Å². The van der Waals surface area contributed by atoms with Crippen molar-refractivity contribution < 1.29 is 22.7 Å². The molecule has 0 aliphatic heterocycles. The molecule has 0 aromatic heterocycles. The van der Waals surface area contributed by atoms with Gasteiger partial charge in [-0.25, -0.2) is 22.3 Å². The van der Waals surface area contributed by atoms with Gasteiger partial charge in [0.15, 0.2) is 0 Å². The summed E-state index contributed by atoms with van der Waals surface area (Å²) in [5.74, 6) is -2.36. The summed E-state index contributed by atoms with van der Waals surface area (Å²) in [7, 11) is -3.97. The number of nitrogens with one attached hydrogen (secondary N) is 1. The summed E-state index contributed by atoms with van der Waals surface area (Å²) >= 11 is 0. The van der Waals surface area contributed by atoms with Gasteiger partial charge in [-0.2, -0.15) is 0 Å². The lowest BCUT2D eigenvalue weighted by Crippen LogP contribution is -2.50. The molecule has 0 unspecified atom stereocenters. The fraction of sp³-hybridized carbons (Fsp3) is 0.417. The third kappa shape index (κ3) is 2.76. The molecule has 0 heterocycles. The van der Waals surface area contributed by atoms with E-state index in [9.17, 15) is 17.6 Å². The molecule has 1 aliphatic carbocycles. The van der Waals surface area contributed by atoms with Gasteiger partial charge in [0.05, 0.1) is 5.56 Å². The first-order valence-corrected chi connectivity index (χ1v) is 7.29. The minimum absolute atomic E-state index is 0.286. The monoisotopic (exact) mass is 287 g/mol. The molecule has 104 valence electrons. The fourth-order valence-corrected chi connectivity index (χ4v) is 3.57. The second-order valence-corrected chi connectivity index (χ2v) is 6.62. The highest BCUT2D eigenvalue weighted by Crippen LogP contribution is 2.33. The highest BCUT2D eigenvalue weighted by Gasteiger charge is 2.37. The van der Waals surface area contributed by atoms with Crippen LogP contribution in [-0.2, 0) is 10.0 Å². The SMILES string of the molecule is CC1(NS(=O)(=O)c2ccc(C(=O)O)cc2F)CCC1. The zero-order chi connectivity index (χ0) is 14.3. The molecule has 19 heavy (non-hydrogen) atoms. The van der Waals surface area contributed by atoms with Crippen LogP contribution in [0.25, 0.3) is 0 Å². The van der Waals surface area contributed by atoms with E-state index in [1.807, 2.05) is 0 Å². The Hall–Kier alpha value is -1.47. The zero-order valence-corrected chi connectivity index (χ0v) is 11.1. The molecule has 0 spiro atoms. The summed E-state index contributed by atoms with van der Waals surface area (Å²) < 4.78 is 40.3. The normalized spacial score (nSPS) is 17.8. The Labute approximate surface area is 110 Å². The van der Waals surface area contributed by atoms with Gasteiger partial charge in [-0.05, 0) is 44.4 Å². The van der Waals surface area contributed by atoms with Crippen molar-refractivity contribution in [3.8, 4) is 0 Å². The van der Waals surface area contributed by atoms with E-state index in [0.29, 0.717) is 18.9 Å². The Balaban J connectivity index is 2.33. The predicted molar refractivity (Wildman–Crippen MR) is 65.9 cm³/mol. The van der Waals surface area contributed by atoms with Crippen molar-refractivity contribution in [2.24, 2.45) is 0 Å². The van der Waals surface area contributed by atoms with Crippen LogP contribution in [0, 0.1) is 5.82 Å². The molecule has 5 nitrogen and oxygen atoms in total. The third-order valence-electron chi connectivity index (χ3n) is 3.31. The Kier molecular flexibility index (Phi) is 3.36. The highest BCUT2D eigenvalue weighted by atomic mass is 32.2. The van der Waals surface area contributed by atoms with Crippen molar-refractivity contribution >= 4 is 16.0 Å². The number of carbonyl (C=O) groups is 1. The summed E-state index contributed by atoms with van der Waals surface area (Å²) in [6.07, 6.45) is 2.35. The maximum Gasteiger partial charge on any atom is 0.335 e. The van der Waals surface area contributed by atoms with E-state index in [4.69, 9.17) is 5.11 Å². The average Bonchev–Trinajstić information content (AvgIpc) is 2.25. The van der Waals surface area contributed by atoms with Crippen molar-refractivity contribution in [1.29, 1.82) is 0 Å². The summed E-state index contributed by atoms with van der Waals surface area (Å²) in [4.78, 5) is 10.1. The van der Waals surface area contributed by atoms with Crippen LogP contribution in [0.2, 0.25) is 0 Å². The smallest absolute Gasteiger partial charge is 0.335 e. The molecule has 0 saturated heterocycles. The molecule has 0 radical (unpaired) electrons. The second-order valence-electron chi connectivity index (χ2n) is 4.97. The second kappa shape index (κ2) is 4.57. The van der Waals surface area contributed by atoms with E-state index in [2.05, 4.69) is 4.72 Å². The van der Waals surface area contributed by atoms with Crippen molar-refractivity contribution in [1.82, 2.24) is 4.72 Å². The highest BCUT2D eigenvalue weighted by molar-refractivity contribution is 7.89.